The second-order valence-corrected chi connectivity index (χ2v) is 6.04. The standard InChI is InChI=1S/C13H13BrF2/c14-13(9-4-7-3-8(7)5-9)11-2-1-10(15)6-12(11)16/h1-2,6-9,13H,3-5H2. The van der Waals surface area contributed by atoms with E-state index in [2.05, 4.69) is 15.9 Å². The molecule has 2 aliphatic carbocycles. The average Bonchev–Trinajstić information content (AvgIpc) is 2.85. The summed E-state index contributed by atoms with van der Waals surface area (Å²) in [5, 5.41) is 0. The summed E-state index contributed by atoms with van der Waals surface area (Å²) in [6.45, 7) is 0. The molecule has 1 aromatic rings. The third kappa shape index (κ3) is 1.79. The summed E-state index contributed by atoms with van der Waals surface area (Å²) in [5.41, 5.74) is 0.604. The molecule has 0 aliphatic heterocycles. The predicted molar refractivity (Wildman–Crippen MR) is 62.3 cm³/mol. The minimum absolute atomic E-state index is 0.0425. The fourth-order valence-corrected chi connectivity index (χ4v) is 3.78. The third-order valence-electron chi connectivity index (χ3n) is 3.95. The van der Waals surface area contributed by atoms with E-state index in [9.17, 15) is 8.78 Å². The van der Waals surface area contributed by atoms with Crippen molar-refractivity contribution in [3.63, 3.8) is 0 Å². The van der Waals surface area contributed by atoms with Gasteiger partial charge in [0.1, 0.15) is 11.6 Å². The molecule has 2 aliphatic rings. The van der Waals surface area contributed by atoms with Crippen LogP contribution in [0.3, 0.4) is 0 Å². The van der Waals surface area contributed by atoms with Gasteiger partial charge in [0.15, 0.2) is 0 Å². The Hall–Kier alpha value is -0.440. The lowest BCUT2D eigenvalue weighted by molar-refractivity contribution is 0.466. The van der Waals surface area contributed by atoms with Crippen LogP contribution >= 0.6 is 15.9 Å². The first-order valence-corrected chi connectivity index (χ1v) is 6.65. The van der Waals surface area contributed by atoms with Gasteiger partial charge in [-0.15, -0.1) is 0 Å². The smallest absolute Gasteiger partial charge is 0.130 e. The van der Waals surface area contributed by atoms with Gasteiger partial charge in [0.25, 0.3) is 0 Å². The molecule has 0 aromatic heterocycles. The van der Waals surface area contributed by atoms with E-state index in [0.717, 1.165) is 17.9 Å². The molecule has 0 nitrogen and oxygen atoms in total. The van der Waals surface area contributed by atoms with E-state index >= 15 is 0 Å². The molecule has 2 saturated carbocycles. The lowest BCUT2D eigenvalue weighted by Gasteiger charge is -2.19. The molecule has 1 aromatic carbocycles. The Morgan fingerprint density at radius 2 is 1.81 bits per heavy atom. The van der Waals surface area contributed by atoms with Crippen molar-refractivity contribution in [1.29, 1.82) is 0 Å². The van der Waals surface area contributed by atoms with E-state index in [4.69, 9.17) is 0 Å². The van der Waals surface area contributed by atoms with Crippen LogP contribution in [0.4, 0.5) is 8.78 Å². The summed E-state index contributed by atoms with van der Waals surface area (Å²) in [6, 6.07) is 3.87. The van der Waals surface area contributed by atoms with Crippen molar-refractivity contribution in [1.82, 2.24) is 0 Å². The van der Waals surface area contributed by atoms with Crippen LogP contribution in [0, 0.1) is 29.4 Å². The lowest BCUT2D eigenvalue weighted by atomic mass is 9.94. The molecule has 0 N–H and O–H groups in total. The molecule has 86 valence electrons. The molecule has 16 heavy (non-hydrogen) atoms. The number of rotatable bonds is 2. The summed E-state index contributed by atoms with van der Waals surface area (Å²) in [7, 11) is 0. The summed E-state index contributed by atoms with van der Waals surface area (Å²) >= 11 is 3.57. The number of alkyl halides is 1. The van der Waals surface area contributed by atoms with Crippen molar-refractivity contribution in [3.8, 4) is 0 Å². The molecule has 3 atom stereocenters. The summed E-state index contributed by atoms with van der Waals surface area (Å²) < 4.78 is 26.4. The van der Waals surface area contributed by atoms with Gasteiger partial charge in [-0.05, 0) is 43.1 Å². The highest BCUT2D eigenvalue weighted by Gasteiger charge is 2.47. The highest BCUT2D eigenvalue weighted by atomic mass is 79.9. The molecule has 0 saturated heterocycles. The Balaban J connectivity index is 1.80. The maximum Gasteiger partial charge on any atom is 0.130 e. The third-order valence-corrected chi connectivity index (χ3v) is 5.19. The van der Waals surface area contributed by atoms with Crippen molar-refractivity contribution in [2.75, 3.05) is 0 Å². The Kier molecular flexibility index (Phi) is 2.54. The Labute approximate surface area is 102 Å². The van der Waals surface area contributed by atoms with Crippen LogP contribution in [0.1, 0.15) is 29.7 Å². The fourth-order valence-electron chi connectivity index (χ4n) is 2.98. The normalized spacial score (nSPS) is 33.6. The van der Waals surface area contributed by atoms with Gasteiger partial charge in [-0.25, -0.2) is 8.78 Å². The van der Waals surface area contributed by atoms with Crippen molar-refractivity contribution in [3.05, 3.63) is 35.4 Å². The van der Waals surface area contributed by atoms with Crippen LogP contribution in [0.15, 0.2) is 18.2 Å². The van der Waals surface area contributed by atoms with E-state index in [-0.39, 0.29) is 4.83 Å². The zero-order valence-corrected chi connectivity index (χ0v) is 10.4. The van der Waals surface area contributed by atoms with Crippen LogP contribution in [-0.4, -0.2) is 0 Å². The van der Waals surface area contributed by atoms with E-state index in [0.29, 0.717) is 11.5 Å². The first kappa shape index (κ1) is 10.7. The molecule has 0 spiro atoms. The van der Waals surface area contributed by atoms with Gasteiger partial charge < -0.3 is 0 Å². The average molecular weight is 287 g/mol. The lowest BCUT2D eigenvalue weighted by Crippen LogP contribution is -2.07. The molecular weight excluding hydrogens is 274 g/mol. The van der Waals surface area contributed by atoms with Gasteiger partial charge in [-0.1, -0.05) is 22.0 Å². The monoisotopic (exact) mass is 286 g/mol. The van der Waals surface area contributed by atoms with E-state index in [1.54, 1.807) is 6.07 Å². The largest absolute Gasteiger partial charge is 0.207 e. The summed E-state index contributed by atoms with van der Waals surface area (Å²) in [5.74, 6) is 1.35. The quantitative estimate of drug-likeness (QED) is 0.705. The highest BCUT2D eigenvalue weighted by molar-refractivity contribution is 9.09. The van der Waals surface area contributed by atoms with Crippen molar-refractivity contribution in [2.45, 2.75) is 24.1 Å². The Morgan fingerprint density at radius 3 is 2.44 bits per heavy atom. The van der Waals surface area contributed by atoms with Crippen LogP contribution in [0.5, 0.6) is 0 Å². The molecule has 3 unspecified atom stereocenters. The van der Waals surface area contributed by atoms with Gasteiger partial charge >= 0.3 is 0 Å². The van der Waals surface area contributed by atoms with Crippen LogP contribution in [-0.2, 0) is 0 Å². The van der Waals surface area contributed by atoms with Gasteiger partial charge in [-0.2, -0.15) is 0 Å². The molecule has 0 radical (unpaired) electrons. The van der Waals surface area contributed by atoms with Crippen LogP contribution < -0.4 is 0 Å². The second-order valence-electron chi connectivity index (χ2n) is 5.05. The molecule has 3 heteroatoms. The molecular formula is C13H13BrF2. The first-order valence-electron chi connectivity index (χ1n) is 5.74. The minimum Gasteiger partial charge on any atom is -0.207 e. The van der Waals surface area contributed by atoms with E-state index in [1.165, 1.54) is 25.3 Å². The van der Waals surface area contributed by atoms with Crippen molar-refractivity contribution >= 4 is 15.9 Å². The number of fused-ring (bicyclic) bond motifs is 1. The topological polar surface area (TPSA) is 0 Å². The molecule has 0 heterocycles. The molecule has 3 rings (SSSR count). The van der Waals surface area contributed by atoms with Crippen LogP contribution in [0.2, 0.25) is 0 Å². The van der Waals surface area contributed by atoms with Gasteiger partial charge in [-0.3, -0.25) is 0 Å². The Morgan fingerprint density at radius 1 is 1.12 bits per heavy atom. The Bertz CT molecular complexity index is 408. The SMILES string of the molecule is Fc1ccc(C(Br)C2CC3CC3C2)c(F)c1. The summed E-state index contributed by atoms with van der Waals surface area (Å²) in [4.78, 5) is 0.0425. The van der Waals surface area contributed by atoms with Gasteiger partial charge in [0, 0.05) is 16.5 Å². The van der Waals surface area contributed by atoms with Crippen LogP contribution in [0.25, 0.3) is 0 Å². The van der Waals surface area contributed by atoms with Gasteiger partial charge in [0.05, 0.1) is 0 Å². The number of hydrogen-bond donors (Lipinski definition) is 0. The highest BCUT2D eigenvalue weighted by Crippen LogP contribution is 2.58. The zero-order valence-electron chi connectivity index (χ0n) is 8.80. The minimum atomic E-state index is -0.504. The summed E-state index contributed by atoms with van der Waals surface area (Å²) in [6.07, 6.45) is 3.75. The van der Waals surface area contributed by atoms with Crippen molar-refractivity contribution in [2.24, 2.45) is 17.8 Å². The van der Waals surface area contributed by atoms with Crippen molar-refractivity contribution < 1.29 is 8.78 Å². The van der Waals surface area contributed by atoms with E-state index in [1.807, 2.05) is 0 Å². The predicted octanol–water partition coefficient (Wildman–Crippen LogP) is 4.45. The maximum atomic E-state index is 13.6. The zero-order chi connectivity index (χ0) is 11.3. The fraction of sp³-hybridized carbons (Fsp3) is 0.538. The molecule has 0 bridgehead atoms. The molecule has 2 fully saturated rings. The first-order chi connectivity index (χ1) is 7.65. The number of benzene rings is 1. The number of hydrogen-bond acceptors (Lipinski definition) is 0. The maximum absolute atomic E-state index is 13.6. The van der Waals surface area contributed by atoms with Gasteiger partial charge in [0.2, 0.25) is 0 Å². The number of halogens is 3. The second kappa shape index (κ2) is 3.80. The van der Waals surface area contributed by atoms with E-state index < -0.39 is 11.6 Å². The molecule has 0 amide bonds.